The zero-order valence-electron chi connectivity index (χ0n) is 12.2. The van der Waals surface area contributed by atoms with Gasteiger partial charge in [0.15, 0.2) is 0 Å². The maximum atomic E-state index is 5.52. The fraction of sp³-hybridized carbons (Fsp3) is 0.692. The van der Waals surface area contributed by atoms with E-state index in [1.54, 1.807) is 0 Å². The Morgan fingerprint density at radius 2 is 2.05 bits per heavy atom. The van der Waals surface area contributed by atoms with Crippen LogP contribution in [0.1, 0.15) is 24.6 Å². The molecule has 2 rings (SSSR count). The molecule has 0 bridgehead atoms. The molecule has 0 radical (unpaired) electrons. The molecule has 1 aromatic heterocycles. The van der Waals surface area contributed by atoms with Crippen LogP contribution in [0.15, 0.2) is 6.07 Å². The number of nitrogens with zero attached hydrogens (tertiary/aromatic N) is 3. The van der Waals surface area contributed by atoms with Crippen LogP contribution in [-0.4, -0.2) is 55.3 Å². The van der Waals surface area contributed by atoms with Gasteiger partial charge in [0.05, 0.1) is 13.2 Å². The molecule has 1 aliphatic carbocycles. The largest absolute Gasteiger partial charge is 0.378 e. The lowest BCUT2D eigenvalue weighted by molar-refractivity contribution is 0.126. The van der Waals surface area contributed by atoms with Crippen molar-refractivity contribution in [2.45, 2.75) is 18.8 Å². The average molecular weight is 280 g/mol. The Kier molecular flexibility index (Phi) is 5.51. The molecule has 0 saturated heterocycles. The molecular formula is C13H24N6O. The highest BCUT2D eigenvalue weighted by molar-refractivity contribution is 5.47. The first-order valence-electron chi connectivity index (χ1n) is 7.01. The summed E-state index contributed by atoms with van der Waals surface area (Å²) >= 11 is 0. The summed E-state index contributed by atoms with van der Waals surface area (Å²) in [5.74, 6) is 8.25. The number of nitrogens with two attached hydrogens (primary N) is 1. The normalized spacial score (nSPS) is 14.6. The molecule has 0 spiro atoms. The van der Waals surface area contributed by atoms with Crippen LogP contribution in [0.4, 0.5) is 11.6 Å². The summed E-state index contributed by atoms with van der Waals surface area (Å²) in [6.45, 7) is 3.04. The number of likely N-dealkylation sites (N-methyl/N-ethyl adjacent to an activating group) is 1. The van der Waals surface area contributed by atoms with E-state index in [0.717, 1.165) is 31.3 Å². The molecule has 0 unspecified atom stereocenters. The summed E-state index contributed by atoms with van der Waals surface area (Å²) in [6.07, 6.45) is 2.34. The van der Waals surface area contributed by atoms with Gasteiger partial charge in [-0.25, -0.2) is 15.8 Å². The maximum Gasteiger partial charge on any atom is 0.145 e. The van der Waals surface area contributed by atoms with E-state index < -0.39 is 0 Å². The van der Waals surface area contributed by atoms with Crippen LogP contribution >= 0.6 is 0 Å². The fourth-order valence-corrected chi connectivity index (χ4v) is 1.75. The number of hydrogen-bond donors (Lipinski definition) is 3. The number of anilines is 2. The van der Waals surface area contributed by atoms with Crippen LogP contribution in [0.25, 0.3) is 0 Å². The van der Waals surface area contributed by atoms with E-state index in [-0.39, 0.29) is 0 Å². The minimum Gasteiger partial charge on any atom is -0.378 e. The maximum absolute atomic E-state index is 5.52. The van der Waals surface area contributed by atoms with E-state index in [1.165, 1.54) is 12.8 Å². The standard InChI is InChI=1S/C13H24N6O/c1-19(2)6-8-20-7-5-15-11-9-12(18-14)17-13(16-11)10-3-4-10/h9-10H,3-8,14H2,1-2H3,(H2,15,16,17,18). The predicted molar refractivity (Wildman–Crippen MR) is 79.7 cm³/mol. The molecule has 0 aromatic carbocycles. The quantitative estimate of drug-likeness (QED) is 0.347. The summed E-state index contributed by atoms with van der Waals surface area (Å²) in [5.41, 5.74) is 2.59. The van der Waals surface area contributed by atoms with Crippen LogP contribution in [0.2, 0.25) is 0 Å². The lowest BCUT2D eigenvalue weighted by Gasteiger charge is -2.11. The van der Waals surface area contributed by atoms with Crippen LogP contribution in [0.3, 0.4) is 0 Å². The lowest BCUT2D eigenvalue weighted by atomic mass is 10.4. The Labute approximate surface area is 119 Å². The molecule has 7 nitrogen and oxygen atoms in total. The van der Waals surface area contributed by atoms with Gasteiger partial charge in [0.25, 0.3) is 0 Å². The van der Waals surface area contributed by atoms with Gasteiger partial charge in [-0.05, 0) is 26.9 Å². The SMILES string of the molecule is CN(C)CCOCCNc1cc(NN)nc(C2CC2)n1. The third-order valence-corrected chi connectivity index (χ3v) is 3.07. The zero-order valence-corrected chi connectivity index (χ0v) is 12.2. The summed E-state index contributed by atoms with van der Waals surface area (Å²) in [5, 5.41) is 3.25. The second-order valence-corrected chi connectivity index (χ2v) is 5.26. The predicted octanol–water partition coefficient (Wildman–Crippen LogP) is 0.630. The molecule has 1 aromatic rings. The van der Waals surface area contributed by atoms with Crippen molar-refractivity contribution in [2.75, 3.05) is 51.1 Å². The Balaban J connectivity index is 1.75. The van der Waals surface area contributed by atoms with Crippen LogP contribution in [-0.2, 0) is 4.74 Å². The van der Waals surface area contributed by atoms with Crippen molar-refractivity contribution in [1.29, 1.82) is 0 Å². The van der Waals surface area contributed by atoms with Crippen LogP contribution in [0.5, 0.6) is 0 Å². The van der Waals surface area contributed by atoms with Gasteiger partial charge in [0, 0.05) is 25.1 Å². The Bertz CT molecular complexity index is 421. The number of hydrogen-bond acceptors (Lipinski definition) is 7. The number of aromatic nitrogens is 2. The minimum atomic E-state index is 0.500. The molecule has 1 fully saturated rings. The van der Waals surface area contributed by atoms with Crippen molar-refractivity contribution in [2.24, 2.45) is 5.84 Å². The third-order valence-electron chi connectivity index (χ3n) is 3.07. The average Bonchev–Trinajstić information content (AvgIpc) is 3.26. The molecule has 0 atom stereocenters. The van der Waals surface area contributed by atoms with Gasteiger partial charge >= 0.3 is 0 Å². The smallest absolute Gasteiger partial charge is 0.145 e. The highest BCUT2D eigenvalue weighted by atomic mass is 16.5. The number of nitrogen functional groups attached to an aromatic ring is 1. The number of rotatable bonds is 9. The Morgan fingerprint density at radius 3 is 2.70 bits per heavy atom. The van der Waals surface area contributed by atoms with E-state index >= 15 is 0 Å². The molecule has 0 aliphatic heterocycles. The van der Waals surface area contributed by atoms with Crippen molar-refractivity contribution in [3.63, 3.8) is 0 Å². The summed E-state index contributed by atoms with van der Waals surface area (Å²) < 4.78 is 5.52. The second-order valence-electron chi connectivity index (χ2n) is 5.26. The van der Waals surface area contributed by atoms with Gasteiger partial charge in [0.2, 0.25) is 0 Å². The molecule has 1 heterocycles. The Morgan fingerprint density at radius 1 is 1.30 bits per heavy atom. The molecular weight excluding hydrogens is 256 g/mol. The number of hydrazine groups is 1. The molecule has 1 aliphatic rings. The summed E-state index contributed by atoms with van der Waals surface area (Å²) in [4.78, 5) is 11.0. The van der Waals surface area contributed by atoms with E-state index in [2.05, 4.69) is 25.6 Å². The van der Waals surface area contributed by atoms with E-state index in [1.807, 2.05) is 20.2 Å². The van der Waals surface area contributed by atoms with Gasteiger partial charge in [-0.2, -0.15) is 0 Å². The summed E-state index contributed by atoms with van der Waals surface area (Å²) in [7, 11) is 4.06. The molecule has 4 N–H and O–H groups in total. The van der Waals surface area contributed by atoms with Crippen molar-refractivity contribution in [3.05, 3.63) is 11.9 Å². The van der Waals surface area contributed by atoms with Crippen molar-refractivity contribution in [3.8, 4) is 0 Å². The van der Waals surface area contributed by atoms with Crippen LogP contribution < -0.4 is 16.6 Å². The Hall–Kier alpha value is -1.44. The molecule has 7 heteroatoms. The monoisotopic (exact) mass is 280 g/mol. The molecule has 1 saturated carbocycles. The minimum absolute atomic E-state index is 0.500. The van der Waals surface area contributed by atoms with Crippen molar-refractivity contribution < 1.29 is 4.74 Å². The molecule has 0 amide bonds. The van der Waals surface area contributed by atoms with Crippen molar-refractivity contribution >= 4 is 11.6 Å². The van der Waals surface area contributed by atoms with E-state index in [0.29, 0.717) is 18.3 Å². The first-order chi connectivity index (χ1) is 9.69. The van der Waals surface area contributed by atoms with Gasteiger partial charge in [-0.1, -0.05) is 0 Å². The number of ether oxygens (including phenoxy) is 1. The van der Waals surface area contributed by atoms with Crippen LogP contribution in [0, 0.1) is 0 Å². The lowest BCUT2D eigenvalue weighted by Crippen LogP contribution is -2.20. The topological polar surface area (TPSA) is 88.3 Å². The molecule has 112 valence electrons. The molecule has 20 heavy (non-hydrogen) atoms. The van der Waals surface area contributed by atoms with Gasteiger partial charge in [0.1, 0.15) is 17.5 Å². The van der Waals surface area contributed by atoms with Gasteiger partial charge in [-0.3, -0.25) is 0 Å². The summed E-state index contributed by atoms with van der Waals surface area (Å²) in [6, 6.07) is 1.81. The first kappa shape index (κ1) is 15.0. The third kappa shape index (κ3) is 4.92. The zero-order chi connectivity index (χ0) is 14.4. The van der Waals surface area contributed by atoms with E-state index in [4.69, 9.17) is 10.6 Å². The van der Waals surface area contributed by atoms with Gasteiger partial charge < -0.3 is 20.4 Å². The number of nitrogens with one attached hydrogen (secondary N) is 2. The second kappa shape index (κ2) is 7.37. The highest BCUT2D eigenvalue weighted by Gasteiger charge is 2.27. The fourth-order valence-electron chi connectivity index (χ4n) is 1.75. The van der Waals surface area contributed by atoms with Crippen molar-refractivity contribution in [1.82, 2.24) is 14.9 Å². The highest BCUT2D eigenvalue weighted by Crippen LogP contribution is 2.38. The van der Waals surface area contributed by atoms with Gasteiger partial charge in [-0.15, -0.1) is 0 Å². The first-order valence-corrected chi connectivity index (χ1v) is 7.01. The van der Waals surface area contributed by atoms with E-state index in [9.17, 15) is 0 Å².